The molecule has 2 aliphatic rings. The van der Waals surface area contributed by atoms with Gasteiger partial charge >= 0.3 is 0 Å². The Morgan fingerprint density at radius 3 is 2.53 bits per heavy atom. The van der Waals surface area contributed by atoms with Crippen LogP contribution in [0.15, 0.2) is 17.5 Å². The van der Waals surface area contributed by atoms with E-state index in [1.54, 1.807) is 11.3 Å². The third-order valence-corrected chi connectivity index (χ3v) is 14.8. The summed E-state index contributed by atoms with van der Waals surface area (Å²) in [6.45, 7) is 12.2. The van der Waals surface area contributed by atoms with Crippen molar-refractivity contribution in [3.05, 3.63) is 22.4 Å². The van der Waals surface area contributed by atoms with E-state index in [0.29, 0.717) is 11.5 Å². The van der Waals surface area contributed by atoms with Crippen LogP contribution in [-0.2, 0) is 4.43 Å². The third kappa shape index (κ3) is 5.08. The van der Waals surface area contributed by atoms with Crippen molar-refractivity contribution in [3.8, 4) is 0 Å². The molecule has 30 heavy (non-hydrogen) atoms. The molecule has 1 aromatic heterocycles. The molecule has 1 N–H and O–H groups in total. The fourth-order valence-corrected chi connectivity index (χ4v) is 10.7. The number of hydrogen-bond acceptors (Lipinski definition) is 3. The Morgan fingerprint density at radius 2 is 1.90 bits per heavy atom. The summed E-state index contributed by atoms with van der Waals surface area (Å²) in [5.41, 5.74) is 0.462. The van der Waals surface area contributed by atoms with E-state index in [1.165, 1.54) is 56.7 Å². The molecule has 2 aliphatic carbocycles. The smallest absolute Gasteiger partial charge is 0.192 e. The zero-order chi connectivity index (χ0) is 21.8. The minimum atomic E-state index is -1.53. The van der Waals surface area contributed by atoms with Gasteiger partial charge in [-0.2, -0.15) is 0 Å². The normalized spacial score (nSPS) is 31.5. The van der Waals surface area contributed by atoms with Crippen molar-refractivity contribution in [1.29, 1.82) is 0 Å². The van der Waals surface area contributed by atoms with Gasteiger partial charge in [-0.15, -0.1) is 11.3 Å². The van der Waals surface area contributed by atoms with E-state index in [1.807, 2.05) is 6.07 Å². The molecule has 1 aromatic rings. The maximum absolute atomic E-state index is 10.4. The summed E-state index contributed by atoms with van der Waals surface area (Å²) in [4.78, 5) is 1.12. The van der Waals surface area contributed by atoms with Crippen LogP contribution in [0.3, 0.4) is 0 Å². The summed E-state index contributed by atoms with van der Waals surface area (Å²) in [6.07, 6.45) is 10.3. The van der Waals surface area contributed by atoms with Crippen LogP contribution in [0.1, 0.15) is 97.0 Å². The lowest BCUT2D eigenvalue weighted by molar-refractivity contribution is -0.0205. The van der Waals surface area contributed by atoms with Crippen LogP contribution in [0.2, 0.25) is 18.1 Å². The van der Waals surface area contributed by atoms with E-state index in [2.05, 4.69) is 46.1 Å². The van der Waals surface area contributed by atoms with Crippen LogP contribution in [0.4, 0.5) is 0 Å². The second-order valence-corrected chi connectivity index (χ2v) is 16.2. The molecule has 4 heteroatoms. The van der Waals surface area contributed by atoms with E-state index in [4.69, 9.17) is 4.43 Å². The van der Waals surface area contributed by atoms with Crippen LogP contribution in [-0.4, -0.2) is 19.5 Å². The minimum Gasteiger partial charge on any atom is -0.414 e. The second kappa shape index (κ2) is 10.6. The van der Waals surface area contributed by atoms with Crippen molar-refractivity contribution < 1.29 is 9.53 Å². The van der Waals surface area contributed by atoms with Gasteiger partial charge in [0.05, 0.1) is 6.10 Å². The molecule has 0 radical (unpaired) electrons. The summed E-state index contributed by atoms with van der Waals surface area (Å²) >= 11 is 1.68. The molecule has 2 saturated carbocycles. The number of aliphatic hydroxyl groups is 1. The van der Waals surface area contributed by atoms with Gasteiger partial charge in [0, 0.05) is 11.0 Å². The number of fused-ring (bicyclic) bond motifs is 1. The van der Waals surface area contributed by atoms with Crippen molar-refractivity contribution in [2.24, 2.45) is 23.2 Å². The molecule has 2 unspecified atom stereocenters. The van der Waals surface area contributed by atoms with E-state index < -0.39 is 8.32 Å². The quantitative estimate of drug-likeness (QED) is 0.344. The van der Waals surface area contributed by atoms with Crippen molar-refractivity contribution in [3.63, 3.8) is 0 Å². The van der Waals surface area contributed by atoms with Crippen molar-refractivity contribution in [2.75, 3.05) is 0 Å². The predicted molar refractivity (Wildman–Crippen MR) is 133 cm³/mol. The maximum Gasteiger partial charge on any atom is 0.192 e. The van der Waals surface area contributed by atoms with Crippen molar-refractivity contribution in [2.45, 2.75) is 116 Å². The Balaban J connectivity index is 1.58. The first-order valence-corrected chi connectivity index (χ1v) is 16.2. The van der Waals surface area contributed by atoms with E-state index in [9.17, 15) is 5.11 Å². The Kier molecular flexibility index (Phi) is 8.68. The average molecular weight is 451 g/mol. The number of aliphatic hydroxyl groups excluding tert-OH is 1. The molecule has 0 aliphatic heterocycles. The van der Waals surface area contributed by atoms with Gasteiger partial charge in [-0.25, -0.2) is 0 Å². The Labute approximate surface area is 191 Å². The molecule has 0 amide bonds. The van der Waals surface area contributed by atoms with Gasteiger partial charge in [0.15, 0.2) is 8.32 Å². The molecule has 0 aromatic carbocycles. The van der Waals surface area contributed by atoms with Crippen LogP contribution in [0.5, 0.6) is 0 Å². The molecular weight excluding hydrogens is 404 g/mol. The molecule has 0 spiro atoms. The van der Waals surface area contributed by atoms with E-state index in [-0.39, 0.29) is 6.10 Å². The minimum absolute atomic E-state index is 0.271. The third-order valence-electron chi connectivity index (χ3n) is 9.17. The molecule has 0 bridgehead atoms. The second-order valence-electron chi connectivity index (χ2n) is 10.5. The predicted octanol–water partition coefficient (Wildman–Crippen LogP) is 8.19. The van der Waals surface area contributed by atoms with E-state index >= 15 is 0 Å². The first-order valence-electron chi connectivity index (χ1n) is 12.8. The lowest BCUT2D eigenvalue weighted by Gasteiger charge is -2.49. The van der Waals surface area contributed by atoms with Crippen LogP contribution in [0.25, 0.3) is 0 Å². The van der Waals surface area contributed by atoms with Gasteiger partial charge in [0.2, 0.25) is 0 Å². The molecule has 2 fully saturated rings. The van der Waals surface area contributed by atoms with Crippen LogP contribution >= 0.6 is 11.3 Å². The fourth-order valence-electron chi connectivity index (χ4n) is 7.01. The summed E-state index contributed by atoms with van der Waals surface area (Å²) in [5, 5.41) is 12.5. The highest BCUT2D eigenvalue weighted by Gasteiger charge is 2.53. The topological polar surface area (TPSA) is 29.5 Å². The van der Waals surface area contributed by atoms with Gasteiger partial charge in [0.1, 0.15) is 0 Å². The zero-order valence-corrected chi connectivity index (χ0v) is 22.0. The van der Waals surface area contributed by atoms with Gasteiger partial charge in [0.25, 0.3) is 0 Å². The monoisotopic (exact) mass is 450 g/mol. The largest absolute Gasteiger partial charge is 0.414 e. The molecular formula is C26H46O2SSi. The average Bonchev–Trinajstić information content (AvgIpc) is 3.40. The highest BCUT2D eigenvalue weighted by molar-refractivity contribution is 7.10. The number of thiophene rings is 1. The fraction of sp³-hybridized carbons (Fsp3) is 0.846. The summed E-state index contributed by atoms with van der Waals surface area (Å²) in [6, 6.07) is 7.92. The zero-order valence-electron chi connectivity index (χ0n) is 20.2. The van der Waals surface area contributed by atoms with Crippen LogP contribution < -0.4 is 0 Å². The maximum atomic E-state index is 10.4. The number of hydrogen-bond donors (Lipinski definition) is 1. The summed E-state index contributed by atoms with van der Waals surface area (Å²) in [5.74, 6) is 2.35. The lowest BCUT2D eigenvalue weighted by Crippen LogP contribution is -2.48. The lowest BCUT2D eigenvalue weighted by atomic mass is 9.61. The first kappa shape index (κ1) is 24.5. The van der Waals surface area contributed by atoms with Crippen molar-refractivity contribution in [1.82, 2.24) is 0 Å². The Bertz CT molecular complexity index is 621. The highest BCUT2D eigenvalue weighted by Crippen LogP contribution is 2.59. The van der Waals surface area contributed by atoms with Gasteiger partial charge < -0.3 is 9.53 Å². The number of rotatable bonds is 11. The Morgan fingerprint density at radius 1 is 1.17 bits per heavy atom. The molecule has 3 rings (SSSR count). The molecule has 172 valence electrons. The van der Waals surface area contributed by atoms with Gasteiger partial charge in [-0.05, 0) is 84.9 Å². The van der Waals surface area contributed by atoms with E-state index in [0.717, 1.165) is 35.5 Å². The molecule has 1 heterocycles. The molecule has 6 atom stereocenters. The standard InChI is InChI=1S/C26H46O2SSi/c1-6-30(7-2,8-3)28-24-14-10-18-26(5)21(16-17-22(24)26)20(4)12-9-13-23(27)25-15-11-19-29-25/h11,15,19-24,27H,6-10,12-14,16-18H2,1-5H3/t20-,21-,22+,23?,24?,26-/m1/s1. The summed E-state index contributed by atoms with van der Waals surface area (Å²) < 4.78 is 7.09. The van der Waals surface area contributed by atoms with Crippen molar-refractivity contribution >= 4 is 19.7 Å². The molecule has 0 saturated heterocycles. The first-order chi connectivity index (χ1) is 14.4. The highest BCUT2D eigenvalue weighted by atomic mass is 32.1. The Hall–Kier alpha value is -0.163. The van der Waals surface area contributed by atoms with Gasteiger partial charge in [-0.3, -0.25) is 0 Å². The van der Waals surface area contributed by atoms with Gasteiger partial charge in [-0.1, -0.05) is 59.9 Å². The SMILES string of the molecule is CC[Si](CC)(CC)OC1CCC[C@]2(C)[C@@H]([C@H](C)CCCC(O)c3cccs3)CC[C@@H]12. The van der Waals surface area contributed by atoms with Crippen LogP contribution in [0, 0.1) is 23.2 Å². The summed E-state index contributed by atoms with van der Waals surface area (Å²) in [7, 11) is -1.53. The molecule has 2 nitrogen and oxygen atoms in total.